The summed E-state index contributed by atoms with van der Waals surface area (Å²) in [4.78, 5) is 16.7. The number of nitrogens with two attached hydrogens (primary N) is 1. The van der Waals surface area contributed by atoms with Crippen molar-refractivity contribution >= 4 is 28.8 Å². The van der Waals surface area contributed by atoms with E-state index in [0.717, 1.165) is 11.3 Å². The van der Waals surface area contributed by atoms with Crippen LogP contribution in [-0.2, 0) is 11.2 Å². The monoisotopic (exact) mass is 299 g/mol. The minimum atomic E-state index is -0.532. The number of nitrogens with one attached hydrogen (secondary N) is 1. The number of amides is 1. The summed E-state index contributed by atoms with van der Waals surface area (Å²) in [7, 11) is 0. The quantitative estimate of drug-likeness (QED) is 0.832. The van der Waals surface area contributed by atoms with Crippen molar-refractivity contribution in [1.29, 1.82) is 0 Å². The van der Waals surface area contributed by atoms with Crippen molar-refractivity contribution in [3.63, 3.8) is 0 Å². The largest absolute Gasteiger partial charge is 0.393 e. The number of nitrogens with zero attached hydrogens (tertiary/aromatic N) is 1. The lowest BCUT2D eigenvalue weighted by Gasteiger charge is -2.15. The van der Waals surface area contributed by atoms with Crippen LogP contribution in [0.2, 0.25) is 0 Å². The molecule has 5 heteroatoms. The number of benzene rings is 1. The minimum absolute atomic E-state index is 0.196. The molecule has 0 fully saturated rings. The summed E-state index contributed by atoms with van der Waals surface area (Å²) in [6.45, 7) is 1.87. The van der Waals surface area contributed by atoms with Gasteiger partial charge in [0.2, 0.25) is 5.91 Å². The van der Waals surface area contributed by atoms with Crippen molar-refractivity contribution in [3.05, 3.63) is 59.9 Å². The number of anilines is 1. The summed E-state index contributed by atoms with van der Waals surface area (Å²) in [5.41, 5.74) is 8.28. The van der Waals surface area contributed by atoms with Crippen molar-refractivity contribution in [2.45, 2.75) is 13.3 Å². The van der Waals surface area contributed by atoms with E-state index in [9.17, 15) is 4.79 Å². The summed E-state index contributed by atoms with van der Waals surface area (Å²) in [5.74, 6) is -0.729. The highest BCUT2D eigenvalue weighted by atomic mass is 32.1. The highest BCUT2D eigenvalue weighted by Crippen LogP contribution is 2.14. The molecule has 0 radical (unpaired) electrons. The van der Waals surface area contributed by atoms with Gasteiger partial charge in [-0.1, -0.05) is 42.5 Å². The van der Waals surface area contributed by atoms with Crippen LogP contribution in [0.4, 0.5) is 5.69 Å². The molecule has 0 bridgehead atoms. The van der Waals surface area contributed by atoms with Gasteiger partial charge in [-0.3, -0.25) is 9.78 Å². The molecule has 1 atom stereocenters. The van der Waals surface area contributed by atoms with E-state index < -0.39 is 5.92 Å². The molecule has 3 N–H and O–H groups in total. The normalized spacial score (nSPS) is 11.7. The Bertz CT molecular complexity index is 643. The number of pyridine rings is 1. The van der Waals surface area contributed by atoms with Gasteiger partial charge in [-0.25, -0.2) is 0 Å². The second-order valence-electron chi connectivity index (χ2n) is 4.82. The van der Waals surface area contributed by atoms with Crippen LogP contribution in [0, 0.1) is 12.8 Å². The fourth-order valence-corrected chi connectivity index (χ4v) is 2.22. The van der Waals surface area contributed by atoms with Crippen molar-refractivity contribution in [3.8, 4) is 0 Å². The molecule has 1 unspecified atom stereocenters. The summed E-state index contributed by atoms with van der Waals surface area (Å²) in [6, 6.07) is 13.2. The van der Waals surface area contributed by atoms with Crippen molar-refractivity contribution in [1.82, 2.24) is 4.98 Å². The Labute approximate surface area is 129 Å². The zero-order chi connectivity index (χ0) is 15.2. The third-order valence-electron chi connectivity index (χ3n) is 3.11. The lowest BCUT2D eigenvalue weighted by molar-refractivity contribution is -0.118. The molecule has 1 heterocycles. The fourth-order valence-electron chi connectivity index (χ4n) is 2.02. The summed E-state index contributed by atoms with van der Waals surface area (Å²) >= 11 is 5.04. The topological polar surface area (TPSA) is 68.0 Å². The van der Waals surface area contributed by atoms with Gasteiger partial charge in [-0.15, -0.1) is 0 Å². The van der Waals surface area contributed by atoms with Crippen LogP contribution in [0.5, 0.6) is 0 Å². The summed E-state index contributed by atoms with van der Waals surface area (Å²) < 4.78 is 0. The first-order chi connectivity index (χ1) is 10.1. The Morgan fingerprint density at radius 2 is 2.05 bits per heavy atom. The van der Waals surface area contributed by atoms with Gasteiger partial charge in [-0.05, 0) is 31.0 Å². The first kappa shape index (κ1) is 15.1. The average molecular weight is 299 g/mol. The molecule has 0 saturated carbocycles. The molecule has 0 saturated heterocycles. The number of aromatic nitrogens is 1. The number of rotatable bonds is 5. The number of carbonyl (C=O) groups excluding carboxylic acids is 1. The number of hydrogen-bond acceptors (Lipinski definition) is 3. The molecule has 1 amide bonds. The van der Waals surface area contributed by atoms with Crippen LogP contribution < -0.4 is 11.1 Å². The molecule has 0 aliphatic carbocycles. The molecule has 0 aliphatic heterocycles. The second-order valence-corrected chi connectivity index (χ2v) is 5.29. The molecule has 4 nitrogen and oxygen atoms in total. The van der Waals surface area contributed by atoms with Crippen molar-refractivity contribution < 1.29 is 4.79 Å². The Kier molecular flexibility index (Phi) is 5.00. The van der Waals surface area contributed by atoms with E-state index >= 15 is 0 Å². The molecular weight excluding hydrogens is 282 g/mol. The Balaban J connectivity index is 2.11. The second kappa shape index (κ2) is 6.95. The predicted molar refractivity (Wildman–Crippen MR) is 88.0 cm³/mol. The van der Waals surface area contributed by atoms with Gasteiger partial charge in [0.05, 0.1) is 10.9 Å². The SMILES string of the molecule is Cc1cc(NC(=O)C(Cc2ccccc2)C(N)=S)ccn1. The van der Waals surface area contributed by atoms with E-state index in [2.05, 4.69) is 10.3 Å². The number of hydrogen-bond donors (Lipinski definition) is 2. The van der Waals surface area contributed by atoms with E-state index in [1.54, 1.807) is 18.3 Å². The molecule has 108 valence electrons. The van der Waals surface area contributed by atoms with Crippen molar-refractivity contribution in [2.75, 3.05) is 5.32 Å². The number of carbonyl (C=O) groups is 1. The molecule has 0 spiro atoms. The highest BCUT2D eigenvalue weighted by Gasteiger charge is 2.22. The van der Waals surface area contributed by atoms with E-state index in [0.29, 0.717) is 12.1 Å². The molecule has 21 heavy (non-hydrogen) atoms. The highest BCUT2D eigenvalue weighted by molar-refractivity contribution is 7.80. The van der Waals surface area contributed by atoms with Gasteiger partial charge >= 0.3 is 0 Å². The third kappa shape index (κ3) is 4.36. The summed E-state index contributed by atoms with van der Waals surface area (Å²) in [6.07, 6.45) is 2.14. The van der Waals surface area contributed by atoms with Gasteiger partial charge in [0, 0.05) is 17.6 Å². The Morgan fingerprint density at radius 3 is 2.67 bits per heavy atom. The van der Waals surface area contributed by atoms with E-state index in [4.69, 9.17) is 18.0 Å². The van der Waals surface area contributed by atoms with Gasteiger partial charge in [0.25, 0.3) is 0 Å². The molecule has 2 aromatic rings. The lowest BCUT2D eigenvalue weighted by Crippen LogP contribution is -2.34. The molecule has 2 rings (SSSR count). The fraction of sp³-hybridized carbons (Fsp3) is 0.188. The molecule has 1 aromatic heterocycles. The standard InChI is InChI=1S/C16H17N3OS/c1-11-9-13(7-8-18-11)19-16(20)14(15(17)21)10-12-5-3-2-4-6-12/h2-9,14H,10H2,1H3,(H2,17,21)(H,18,19,20). The predicted octanol–water partition coefficient (Wildman–Crippen LogP) is 2.47. The van der Waals surface area contributed by atoms with Crippen LogP contribution in [-0.4, -0.2) is 15.9 Å². The smallest absolute Gasteiger partial charge is 0.234 e. The van der Waals surface area contributed by atoms with Gasteiger partial charge in [0.1, 0.15) is 0 Å². The summed E-state index contributed by atoms with van der Waals surface area (Å²) in [5, 5.41) is 2.84. The Hall–Kier alpha value is -2.27. The number of thiocarbonyl (C=S) groups is 1. The van der Waals surface area contributed by atoms with Crippen LogP contribution in [0.1, 0.15) is 11.3 Å². The van der Waals surface area contributed by atoms with Crippen LogP contribution in [0.25, 0.3) is 0 Å². The first-order valence-corrected chi connectivity index (χ1v) is 7.04. The zero-order valence-electron chi connectivity index (χ0n) is 11.7. The zero-order valence-corrected chi connectivity index (χ0v) is 12.6. The lowest BCUT2D eigenvalue weighted by atomic mass is 9.98. The van der Waals surface area contributed by atoms with Crippen LogP contribution in [0.15, 0.2) is 48.7 Å². The maximum absolute atomic E-state index is 12.4. The Morgan fingerprint density at radius 1 is 1.33 bits per heavy atom. The average Bonchev–Trinajstić information content (AvgIpc) is 2.45. The third-order valence-corrected chi connectivity index (χ3v) is 3.39. The van der Waals surface area contributed by atoms with Gasteiger partial charge in [0.15, 0.2) is 0 Å². The van der Waals surface area contributed by atoms with Crippen molar-refractivity contribution in [2.24, 2.45) is 11.7 Å². The maximum atomic E-state index is 12.4. The molecular formula is C16H17N3OS. The van der Waals surface area contributed by atoms with Gasteiger partial charge < -0.3 is 11.1 Å². The molecule has 0 aliphatic rings. The number of aryl methyl sites for hydroxylation is 1. The van der Waals surface area contributed by atoms with E-state index in [1.165, 1.54) is 0 Å². The van der Waals surface area contributed by atoms with Gasteiger partial charge in [-0.2, -0.15) is 0 Å². The van der Waals surface area contributed by atoms with E-state index in [1.807, 2.05) is 37.3 Å². The van der Waals surface area contributed by atoms with Crippen LogP contribution >= 0.6 is 12.2 Å². The first-order valence-electron chi connectivity index (χ1n) is 6.63. The minimum Gasteiger partial charge on any atom is -0.393 e. The maximum Gasteiger partial charge on any atom is 0.234 e. The molecule has 1 aromatic carbocycles. The van der Waals surface area contributed by atoms with Crippen LogP contribution in [0.3, 0.4) is 0 Å². The van der Waals surface area contributed by atoms with E-state index in [-0.39, 0.29) is 10.9 Å².